The molecule has 1 nitrogen and oxygen atoms in total. The molecule has 0 aromatic carbocycles. The quantitative estimate of drug-likeness (QED) is 0.646. The van der Waals surface area contributed by atoms with Crippen LogP contribution in [-0.4, -0.2) is 4.98 Å². The highest BCUT2D eigenvalue weighted by Gasteiger charge is 2.21. The lowest BCUT2D eigenvalue weighted by Crippen LogP contribution is -2.10. The van der Waals surface area contributed by atoms with Crippen molar-refractivity contribution >= 4 is 6.08 Å². The minimum absolute atomic E-state index is 0.756. The van der Waals surface area contributed by atoms with Gasteiger partial charge in [0, 0.05) is 12.4 Å². The third-order valence-corrected chi connectivity index (χ3v) is 2.65. The maximum atomic E-state index is 4.15. The molecule has 0 radical (unpaired) electrons. The highest BCUT2D eigenvalue weighted by atomic mass is 14.6. The van der Waals surface area contributed by atoms with Crippen molar-refractivity contribution in [1.29, 1.82) is 0 Å². The molecule has 2 rings (SSSR count). The fourth-order valence-electron chi connectivity index (χ4n) is 1.66. The molecule has 1 heteroatoms. The number of nitrogens with zero attached hydrogens (tertiary/aromatic N) is 1. The van der Waals surface area contributed by atoms with E-state index in [1.54, 1.807) is 0 Å². The molecule has 0 spiro atoms. The fourth-order valence-corrected chi connectivity index (χ4v) is 1.66. The van der Waals surface area contributed by atoms with E-state index in [1.165, 1.54) is 30.4 Å². The van der Waals surface area contributed by atoms with Gasteiger partial charge < -0.3 is 0 Å². The predicted molar refractivity (Wildman–Crippen MR) is 50.9 cm³/mol. The summed E-state index contributed by atoms with van der Waals surface area (Å²) in [5, 5.41) is 0. The first kappa shape index (κ1) is 7.53. The molecule has 1 aromatic heterocycles. The van der Waals surface area contributed by atoms with Crippen LogP contribution in [0.1, 0.15) is 36.3 Å². The molecule has 0 N–H and O–H groups in total. The van der Waals surface area contributed by atoms with Gasteiger partial charge in [0.25, 0.3) is 0 Å². The molecule has 0 amide bonds. The summed E-state index contributed by atoms with van der Waals surface area (Å²) in [6, 6.07) is 2.04. The van der Waals surface area contributed by atoms with Gasteiger partial charge in [-0.3, -0.25) is 4.98 Å². The lowest BCUT2D eigenvalue weighted by atomic mass is 9.79. The summed E-state index contributed by atoms with van der Waals surface area (Å²) >= 11 is 0. The third-order valence-electron chi connectivity index (χ3n) is 2.65. The standard InChI is InChI=1S/C11H13N/c1-2-9-6-7-12-8-11(9)10-4-3-5-10/h2,6-8,10H,1,3-5H2. The summed E-state index contributed by atoms with van der Waals surface area (Å²) in [6.07, 6.45) is 9.77. The topological polar surface area (TPSA) is 12.9 Å². The van der Waals surface area contributed by atoms with Crippen LogP contribution in [0.5, 0.6) is 0 Å². The van der Waals surface area contributed by atoms with Gasteiger partial charge in [0.2, 0.25) is 0 Å². The van der Waals surface area contributed by atoms with E-state index in [9.17, 15) is 0 Å². The Morgan fingerprint density at radius 2 is 2.33 bits per heavy atom. The van der Waals surface area contributed by atoms with E-state index in [-0.39, 0.29) is 0 Å². The Morgan fingerprint density at radius 3 is 2.92 bits per heavy atom. The molecular weight excluding hydrogens is 146 g/mol. The Bertz CT molecular complexity index is 287. The summed E-state index contributed by atoms with van der Waals surface area (Å²) in [6.45, 7) is 3.80. The van der Waals surface area contributed by atoms with E-state index in [2.05, 4.69) is 11.6 Å². The zero-order chi connectivity index (χ0) is 8.39. The maximum Gasteiger partial charge on any atom is 0.0308 e. The molecule has 1 aliphatic carbocycles. The Labute approximate surface area is 73.1 Å². The monoisotopic (exact) mass is 159 g/mol. The van der Waals surface area contributed by atoms with E-state index < -0.39 is 0 Å². The second-order valence-corrected chi connectivity index (χ2v) is 3.34. The first-order valence-corrected chi connectivity index (χ1v) is 4.48. The zero-order valence-corrected chi connectivity index (χ0v) is 7.16. The van der Waals surface area contributed by atoms with Gasteiger partial charge in [0.1, 0.15) is 0 Å². The van der Waals surface area contributed by atoms with Crippen LogP contribution in [0.25, 0.3) is 6.08 Å². The summed E-state index contributed by atoms with van der Waals surface area (Å²) in [5.74, 6) is 0.756. The van der Waals surface area contributed by atoms with Crippen molar-refractivity contribution in [3.63, 3.8) is 0 Å². The van der Waals surface area contributed by atoms with Crippen LogP contribution in [0.15, 0.2) is 25.0 Å². The number of hydrogen-bond donors (Lipinski definition) is 0. The number of hydrogen-bond acceptors (Lipinski definition) is 1. The molecule has 0 saturated heterocycles. The maximum absolute atomic E-state index is 4.15. The van der Waals surface area contributed by atoms with Gasteiger partial charge in [-0.05, 0) is 36.0 Å². The molecule has 0 bridgehead atoms. The first-order chi connectivity index (χ1) is 5.92. The van der Waals surface area contributed by atoms with Crippen LogP contribution < -0.4 is 0 Å². The average Bonchev–Trinajstić information content (AvgIpc) is 2.02. The molecule has 1 saturated carbocycles. The average molecular weight is 159 g/mol. The van der Waals surface area contributed by atoms with Gasteiger partial charge in [0.15, 0.2) is 0 Å². The molecule has 1 fully saturated rings. The van der Waals surface area contributed by atoms with Crippen molar-refractivity contribution in [3.05, 3.63) is 36.2 Å². The smallest absolute Gasteiger partial charge is 0.0308 e. The SMILES string of the molecule is C=Cc1ccncc1C1CCC1. The van der Waals surface area contributed by atoms with E-state index in [0.29, 0.717) is 0 Å². The number of pyridine rings is 1. The van der Waals surface area contributed by atoms with Gasteiger partial charge in [-0.2, -0.15) is 0 Å². The Kier molecular flexibility index (Phi) is 1.94. The second-order valence-electron chi connectivity index (χ2n) is 3.34. The summed E-state index contributed by atoms with van der Waals surface area (Å²) in [4.78, 5) is 4.15. The van der Waals surface area contributed by atoms with Crippen molar-refractivity contribution in [1.82, 2.24) is 4.98 Å². The van der Waals surface area contributed by atoms with Crippen LogP contribution >= 0.6 is 0 Å². The fraction of sp³-hybridized carbons (Fsp3) is 0.364. The van der Waals surface area contributed by atoms with Crippen molar-refractivity contribution < 1.29 is 0 Å². The molecule has 12 heavy (non-hydrogen) atoms. The Balaban J connectivity index is 2.33. The highest BCUT2D eigenvalue weighted by Crippen LogP contribution is 2.37. The van der Waals surface area contributed by atoms with Gasteiger partial charge in [-0.1, -0.05) is 19.1 Å². The minimum atomic E-state index is 0.756. The molecule has 1 aromatic rings. The van der Waals surface area contributed by atoms with Crippen LogP contribution in [0.3, 0.4) is 0 Å². The lowest BCUT2D eigenvalue weighted by Gasteiger charge is -2.26. The molecule has 0 unspecified atom stereocenters. The molecule has 0 atom stereocenters. The zero-order valence-electron chi connectivity index (χ0n) is 7.16. The van der Waals surface area contributed by atoms with Crippen LogP contribution in [0.4, 0.5) is 0 Å². The predicted octanol–water partition coefficient (Wildman–Crippen LogP) is 2.99. The molecular formula is C11H13N. The summed E-state index contributed by atoms with van der Waals surface area (Å²) in [7, 11) is 0. The third kappa shape index (κ3) is 1.15. The van der Waals surface area contributed by atoms with Crippen LogP contribution in [0, 0.1) is 0 Å². The van der Waals surface area contributed by atoms with Gasteiger partial charge >= 0.3 is 0 Å². The van der Waals surface area contributed by atoms with Crippen LogP contribution in [-0.2, 0) is 0 Å². The molecule has 0 aliphatic heterocycles. The minimum Gasteiger partial charge on any atom is -0.264 e. The Hall–Kier alpha value is -1.11. The summed E-state index contributed by atoms with van der Waals surface area (Å²) < 4.78 is 0. The van der Waals surface area contributed by atoms with Gasteiger partial charge in [-0.15, -0.1) is 0 Å². The molecule has 1 aliphatic rings. The van der Waals surface area contributed by atoms with E-state index in [4.69, 9.17) is 0 Å². The van der Waals surface area contributed by atoms with Gasteiger partial charge in [0.05, 0.1) is 0 Å². The van der Waals surface area contributed by atoms with Gasteiger partial charge in [-0.25, -0.2) is 0 Å². The second kappa shape index (κ2) is 3.10. The number of rotatable bonds is 2. The molecule has 1 heterocycles. The first-order valence-electron chi connectivity index (χ1n) is 4.48. The Morgan fingerprint density at radius 1 is 1.50 bits per heavy atom. The van der Waals surface area contributed by atoms with E-state index >= 15 is 0 Å². The van der Waals surface area contributed by atoms with E-state index in [0.717, 1.165) is 5.92 Å². The normalized spacial score (nSPS) is 17.0. The van der Waals surface area contributed by atoms with Crippen molar-refractivity contribution in [2.24, 2.45) is 0 Å². The lowest BCUT2D eigenvalue weighted by molar-refractivity contribution is 0.418. The summed E-state index contributed by atoms with van der Waals surface area (Å²) in [5.41, 5.74) is 2.65. The highest BCUT2D eigenvalue weighted by molar-refractivity contribution is 5.52. The van der Waals surface area contributed by atoms with Crippen molar-refractivity contribution in [2.45, 2.75) is 25.2 Å². The van der Waals surface area contributed by atoms with Crippen LogP contribution in [0.2, 0.25) is 0 Å². The molecule has 62 valence electrons. The van der Waals surface area contributed by atoms with Crippen molar-refractivity contribution in [2.75, 3.05) is 0 Å². The van der Waals surface area contributed by atoms with Crippen molar-refractivity contribution in [3.8, 4) is 0 Å². The largest absolute Gasteiger partial charge is 0.264 e. The van der Waals surface area contributed by atoms with E-state index in [1.807, 2.05) is 24.5 Å². The number of aromatic nitrogens is 1.